The normalized spacial score (nSPS) is 10.4. The zero-order valence-electron chi connectivity index (χ0n) is 10.2. The van der Waals surface area contributed by atoms with Crippen molar-refractivity contribution in [2.45, 2.75) is 6.54 Å². The summed E-state index contributed by atoms with van der Waals surface area (Å²) in [4.78, 5) is 2.00. The number of nitrogens with zero attached hydrogens (tertiary/aromatic N) is 1. The number of rotatable bonds is 4. The second kappa shape index (κ2) is 5.95. The van der Waals surface area contributed by atoms with Gasteiger partial charge in [0.15, 0.2) is 0 Å². The Labute approximate surface area is 125 Å². The summed E-state index contributed by atoms with van der Waals surface area (Å²) in [6, 6.07) is 8.14. The van der Waals surface area contributed by atoms with Crippen molar-refractivity contribution in [3.8, 4) is 0 Å². The highest BCUT2D eigenvalue weighted by molar-refractivity contribution is 9.11. The third-order valence-corrected chi connectivity index (χ3v) is 4.40. The lowest BCUT2D eigenvalue weighted by molar-refractivity contribution is 1.13. The van der Waals surface area contributed by atoms with Crippen LogP contribution in [0.2, 0.25) is 5.02 Å². The Bertz CT molecular complexity index is 540. The Balaban J connectivity index is 2.04. The largest absolute Gasteiger partial charge is 0.381 e. The van der Waals surface area contributed by atoms with Crippen molar-refractivity contribution in [2.75, 3.05) is 24.3 Å². The fourth-order valence-electron chi connectivity index (χ4n) is 1.62. The van der Waals surface area contributed by atoms with Crippen LogP contribution in [0, 0.1) is 0 Å². The molecule has 0 aliphatic carbocycles. The van der Waals surface area contributed by atoms with Gasteiger partial charge in [0.1, 0.15) is 0 Å². The molecule has 1 N–H and O–H groups in total. The van der Waals surface area contributed by atoms with Gasteiger partial charge in [-0.3, -0.25) is 0 Å². The second-order valence-electron chi connectivity index (χ2n) is 4.17. The number of halogens is 2. The number of hydrogen-bond donors (Lipinski definition) is 1. The zero-order valence-corrected chi connectivity index (χ0v) is 13.4. The van der Waals surface area contributed by atoms with Crippen molar-refractivity contribution in [2.24, 2.45) is 0 Å². The monoisotopic (exact) mass is 344 g/mol. The van der Waals surface area contributed by atoms with Crippen LogP contribution in [0.15, 0.2) is 33.4 Å². The summed E-state index contributed by atoms with van der Waals surface area (Å²) in [7, 11) is 3.97. The van der Waals surface area contributed by atoms with Crippen LogP contribution in [0.1, 0.15) is 5.56 Å². The van der Waals surface area contributed by atoms with E-state index in [-0.39, 0.29) is 0 Å². The minimum absolute atomic E-state index is 0.761. The molecule has 0 saturated carbocycles. The van der Waals surface area contributed by atoms with Crippen LogP contribution in [-0.2, 0) is 6.54 Å². The molecule has 1 aromatic heterocycles. The summed E-state index contributed by atoms with van der Waals surface area (Å²) >= 11 is 11.4. The van der Waals surface area contributed by atoms with E-state index in [1.807, 2.05) is 37.2 Å². The van der Waals surface area contributed by atoms with Gasteiger partial charge in [-0.2, -0.15) is 0 Å². The molecule has 2 aromatic rings. The van der Waals surface area contributed by atoms with Gasteiger partial charge in [-0.25, -0.2) is 0 Å². The minimum atomic E-state index is 0.761. The predicted octanol–water partition coefficient (Wildman–Crippen LogP) is 4.84. The van der Waals surface area contributed by atoms with Gasteiger partial charge in [0.05, 0.1) is 14.5 Å². The lowest BCUT2D eigenvalue weighted by Crippen LogP contribution is -2.09. The number of nitrogens with one attached hydrogen (secondary N) is 1. The first-order chi connectivity index (χ1) is 8.56. The van der Waals surface area contributed by atoms with Gasteiger partial charge in [0.2, 0.25) is 0 Å². The molecule has 0 radical (unpaired) electrons. The quantitative estimate of drug-likeness (QED) is 0.852. The molecule has 0 fully saturated rings. The standard InChI is InChI=1S/C13H14BrClN2S/c1-17(2)12-4-3-10(6-11(12)15)16-7-9-5-13(14)18-8-9/h3-6,8,16H,7H2,1-2H3. The maximum absolute atomic E-state index is 6.22. The Morgan fingerprint density at radius 2 is 2.11 bits per heavy atom. The second-order valence-corrected chi connectivity index (χ2v) is 6.87. The summed E-state index contributed by atoms with van der Waals surface area (Å²) in [6.45, 7) is 0.805. The van der Waals surface area contributed by atoms with Gasteiger partial charge < -0.3 is 10.2 Å². The summed E-state index contributed by atoms with van der Waals surface area (Å²) in [5.41, 5.74) is 3.33. The van der Waals surface area contributed by atoms with E-state index in [1.165, 1.54) is 5.56 Å². The molecule has 0 aliphatic heterocycles. The third kappa shape index (κ3) is 3.40. The van der Waals surface area contributed by atoms with Crippen LogP contribution in [0.5, 0.6) is 0 Å². The zero-order chi connectivity index (χ0) is 13.1. The lowest BCUT2D eigenvalue weighted by atomic mass is 10.2. The molecule has 2 rings (SSSR count). The maximum atomic E-state index is 6.22. The van der Waals surface area contributed by atoms with Crippen LogP contribution >= 0.6 is 38.9 Å². The minimum Gasteiger partial charge on any atom is -0.381 e. The van der Waals surface area contributed by atoms with E-state index in [0.717, 1.165) is 26.7 Å². The fraction of sp³-hybridized carbons (Fsp3) is 0.231. The van der Waals surface area contributed by atoms with Crippen LogP contribution in [0.4, 0.5) is 11.4 Å². The van der Waals surface area contributed by atoms with Gasteiger partial charge in [-0.15, -0.1) is 11.3 Å². The van der Waals surface area contributed by atoms with Gasteiger partial charge in [0.25, 0.3) is 0 Å². The molecule has 0 atom stereocenters. The number of anilines is 2. The molecule has 0 amide bonds. The molecule has 2 nitrogen and oxygen atoms in total. The molecule has 96 valence electrons. The van der Waals surface area contributed by atoms with Gasteiger partial charge in [-0.05, 0) is 51.1 Å². The highest BCUT2D eigenvalue weighted by atomic mass is 79.9. The van der Waals surface area contributed by atoms with Crippen molar-refractivity contribution >= 4 is 50.2 Å². The Kier molecular flexibility index (Phi) is 4.54. The van der Waals surface area contributed by atoms with E-state index in [2.05, 4.69) is 32.7 Å². The molecule has 0 spiro atoms. The third-order valence-electron chi connectivity index (χ3n) is 2.55. The summed E-state index contributed by atoms with van der Waals surface area (Å²) in [5.74, 6) is 0. The molecular weight excluding hydrogens is 332 g/mol. The van der Waals surface area contributed by atoms with E-state index in [1.54, 1.807) is 11.3 Å². The van der Waals surface area contributed by atoms with Crippen LogP contribution in [-0.4, -0.2) is 14.1 Å². The summed E-state index contributed by atoms with van der Waals surface area (Å²) in [6.07, 6.45) is 0. The highest BCUT2D eigenvalue weighted by Crippen LogP contribution is 2.28. The predicted molar refractivity (Wildman–Crippen MR) is 85.1 cm³/mol. The van der Waals surface area contributed by atoms with Crippen LogP contribution in [0.3, 0.4) is 0 Å². The van der Waals surface area contributed by atoms with Gasteiger partial charge in [0, 0.05) is 26.3 Å². The topological polar surface area (TPSA) is 15.3 Å². The average Bonchev–Trinajstić information content (AvgIpc) is 2.72. The van der Waals surface area contributed by atoms with Crippen molar-refractivity contribution in [3.63, 3.8) is 0 Å². The number of benzene rings is 1. The van der Waals surface area contributed by atoms with Gasteiger partial charge >= 0.3 is 0 Å². The number of hydrogen-bond acceptors (Lipinski definition) is 3. The Morgan fingerprint density at radius 1 is 1.33 bits per heavy atom. The van der Waals surface area contributed by atoms with E-state index in [0.29, 0.717) is 0 Å². The molecule has 5 heteroatoms. The molecular formula is C13H14BrClN2S. The molecule has 0 bridgehead atoms. The summed E-state index contributed by atoms with van der Waals surface area (Å²) in [5, 5.41) is 6.26. The first-order valence-electron chi connectivity index (χ1n) is 5.50. The molecule has 18 heavy (non-hydrogen) atoms. The van der Waals surface area contributed by atoms with Crippen LogP contribution < -0.4 is 10.2 Å². The van der Waals surface area contributed by atoms with Crippen molar-refractivity contribution in [1.82, 2.24) is 0 Å². The van der Waals surface area contributed by atoms with Crippen molar-refractivity contribution in [1.29, 1.82) is 0 Å². The first kappa shape index (κ1) is 13.7. The molecule has 0 unspecified atom stereocenters. The highest BCUT2D eigenvalue weighted by Gasteiger charge is 2.04. The van der Waals surface area contributed by atoms with E-state index in [4.69, 9.17) is 11.6 Å². The molecule has 1 heterocycles. The smallest absolute Gasteiger partial charge is 0.0701 e. The lowest BCUT2D eigenvalue weighted by Gasteiger charge is -2.15. The molecule has 0 saturated heterocycles. The molecule has 1 aromatic carbocycles. The maximum Gasteiger partial charge on any atom is 0.0701 e. The Hall–Kier alpha value is -0.710. The number of thiophene rings is 1. The summed E-state index contributed by atoms with van der Waals surface area (Å²) < 4.78 is 1.15. The fourth-order valence-corrected chi connectivity index (χ4v) is 3.18. The van der Waals surface area contributed by atoms with E-state index in [9.17, 15) is 0 Å². The Morgan fingerprint density at radius 3 is 2.67 bits per heavy atom. The van der Waals surface area contributed by atoms with Crippen LogP contribution in [0.25, 0.3) is 0 Å². The van der Waals surface area contributed by atoms with Crippen molar-refractivity contribution < 1.29 is 0 Å². The average molecular weight is 346 g/mol. The van der Waals surface area contributed by atoms with E-state index < -0.39 is 0 Å². The van der Waals surface area contributed by atoms with Crippen molar-refractivity contribution in [3.05, 3.63) is 44.0 Å². The SMILES string of the molecule is CN(C)c1ccc(NCc2csc(Br)c2)cc1Cl. The van der Waals surface area contributed by atoms with E-state index >= 15 is 0 Å². The first-order valence-corrected chi connectivity index (χ1v) is 7.55. The van der Waals surface area contributed by atoms with Gasteiger partial charge in [-0.1, -0.05) is 11.6 Å². The molecule has 0 aliphatic rings.